The number of anilines is 1. The Hall–Kier alpha value is -2.73. The van der Waals surface area contributed by atoms with E-state index in [0.717, 1.165) is 32.9 Å². The highest BCUT2D eigenvalue weighted by Crippen LogP contribution is 2.22. The molecule has 1 amide bonds. The van der Waals surface area contributed by atoms with Gasteiger partial charge in [-0.05, 0) is 30.2 Å². The summed E-state index contributed by atoms with van der Waals surface area (Å²) in [6, 6.07) is 15.4. The third-order valence-corrected chi connectivity index (χ3v) is 5.01. The number of amides is 1. The Morgan fingerprint density at radius 3 is 2.69 bits per heavy atom. The number of fused-ring (bicyclic) bond motifs is 1. The van der Waals surface area contributed by atoms with E-state index >= 15 is 0 Å². The number of esters is 1. The maximum Gasteiger partial charge on any atom is 0.306 e. The van der Waals surface area contributed by atoms with Crippen LogP contribution in [0, 0.1) is 0 Å². The van der Waals surface area contributed by atoms with Crippen molar-refractivity contribution in [3.05, 3.63) is 59.1 Å². The van der Waals surface area contributed by atoms with E-state index in [9.17, 15) is 9.59 Å². The highest BCUT2D eigenvalue weighted by atomic mass is 32.1. The van der Waals surface area contributed by atoms with E-state index < -0.39 is 5.97 Å². The van der Waals surface area contributed by atoms with Crippen molar-refractivity contribution in [1.82, 2.24) is 4.98 Å². The standard InChI is InChI=1S/C20H20N2O3S/c1-2-14-7-3-4-8-15(14)21-18(23)13-25-20(24)12-11-19-22-16-9-5-6-10-17(16)26-19/h3-10H,2,11-13H2,1H3,(H,21,23). The molecule has 0 aliphatic rings. The van der Waals surface area contributed by atoms with Gasteiger partial charge in [0.15, 0.2) is 6.61 Å². The van der Waals surface area contributed by atoms with Crippen molar-refractivity contribution < 1.29 is 14.3 Å². The van der Waals surface area contributed by atoms with Gasteiger partial charge in [0.1, 0.15) is 0 Å². The van der Waals surface area contributed by atoms with Gasteiger partial charge in [0.05, 0.1) is 21.6 Å². The Kier molecular flexibility index (Phi) is 5.96. The van der Waals surface area contributed by atoms with Crippen molar-refractivity contribution >= 4 is 39.1 Å². The van der Waals surface area contributed by atoms with Gasteiger partial charge in [0.2, 0.25) is 0 Å². The summed E-state index contributed by atoms with van der Waals surface area (Å²) in [4.78, 5) is 28.4. The van der Waals surface area contributed by atoms with Crippen molar-refractivity contribution in [2.45, 2.75) is 26.2 Å². The quantitative estimate of drug-likeness (QED) is 0.641. The van der Waals surface area contributed by atoms with Crippen molar-refractivity contribution in [2.75, 3.05) is 11.9 Å². The van der Waals surface area contributed by atoms with E-state index in [1.54, 1.807) is 11.3 Å². The minimum Gasteiger partial charge on any atom is -0.456 e. The molecule has 0 unspecified atom stereocenters. The predicted molar refractivity (Wildman–Crippen MR) is 103 cm³/mol. The number of carbonyl (C=O) groups is 2. The van der Waals surface area contributed by atoms with Gasteiger partial charge in [-0.2, -0.15) is 0 Å². The third kappa shape index (κ3) is 4.67. The summed E-state index contributed by atoms with van der Waals surface area (Å²) in [5, 5.41) is 3.67. The van der Waals surface area contributed by atoms with E-state index in [1.807, 2.05) is 55.5 Å². The maximum atomic E-state index is 12.0. The molecule has 0 atom stereocenters. The smallest absolute Gasteiger partial charge is 0.306 e. The lowest BCUT2D eigenvalue weighted by Crippen LogP contribution is -2.21. The predicted octanol–water partition coefficient (Wildman–Crippen LogP) is 3.97. The number of nitrogens with zero attached hydrogens (tertiary/aromatic N) is 1. The lowest BCUT2D eigenvalue weighted by molar-refractivity contribution is -0.147. The monoisotopic (exact) mass is 368 g/mol. The molecule has 0 bridgehead atoms. The lowest BCUT2D eigenvalue weighted by atomic mass is 10.1. The van der Waals surface area contributed by atoms with E-state index in [2.05, 4.69) is 10.3 Å². The topological polar surface area (TPSA) is 68.3 Å². The number of thiazole rings is 1. The van der Waals surface area contributed by atoms with Crippen LogP contribution in [0.1, 0.15) is 23.9 Å². The van der Waals surface area contributed by atoms with Crippen LogP contribution in [0.2, 0.25) is 0 Å². The molecule has 26 heavy (non-hydrogen) atoms. The molecule has 0 spiro atoms. The van der Waals surface area contributed by atoms with E-state index in [1.165, 1.54) is 0 Å². The highest BCUT2D eigenvalue weighted by Gasteiger charge is 2.11. The van der Waals surface area contributed by atoms with Crippen LogP contribution in [0.5, 0.6) is 0 Å². The molecule has 1 aromatic heterocycles. The number of para-hydroxylation sites is 2. The van der Waals surface area contributed by atoms with Crippen LogP contribution in [0.25, 0.3) is 10.2 Å². The van der Waals surface area contributed by atoms with Gasteiger partial charge < -0.3 is 10.1 Å². The van der Waals surface area contributed by atoms with Crippen molar-refractivity contribution in [3.8, 4) is 0 Å². The van der Waals surface area contributed by atoms with Gasteiger partial charge in [0, 0.05) is 12.1 Å². The van der Waals surface area contributed by atoms with Crippen LogP contribution >= 0.6 is 11.3 Å². The van der Waals surface area contributed by atoms with Gasteiger partial charge in [0.25, 0.3) is 5.91 Å². The third-order valence-electron chi connectivity index (χ3n) is 3.92. The number of carbonyl (C=O) groups excluding carboxylic acids is 2. The Labute approximate surface area is 156 Å². The highest BCUT2D eigenvalue weighted by molar-refractivity contribution is 7.18. The number of rotatable bonds is 7. The van der Waals surface area contributed by atoms with E-state index in [-0.39, 0.29) is 18.9 Å². The number of benzene rings is 2. The molecule has 3 rings (SSSR count). The van der Waals surface area contributed by atoms with Crippen LogP contribution in [0.3, 0.4) is 0 Å². The molecule has 2 aromatic carbocycles. The summed E-state index contributed by atoms with van der Waals surface area (Å²) in [5.74, 6) is -0.734. The first-order valence-electron chi connectivity index (χ1n) is 8.53. The average Bonchev–Trinajstić information content (AvgIpc) is 3.08. The van der Waals surface area contributed by atoms with E-state index in [0.29, 0.717) is 6.42 Å². The van der Waals surface area contributed by atoms with Crippen LogP contribution in [-0.2, 0) is 27.2 Å². The van der Waals surface area contributed by atoms with Gasteiger partial charge in [-0.25, -0.2) is 4.98 Å². The molecule has 0 saturated carbocycles. The molecule has 6 heteroatoms. The normalized spacial score (nSPS) is 10.7. The zero-order chi connectivity index (χ0) is 18.4. The molecule has 0 aliphatic heterocycles. The van der Waals surface area contributed by atoms with Crippen molar-refractivity contribution in [3.63, 3.8) is 0 Å². The average molecular weight is 368 g/mol. The molecule has 1 N–H and O–H groups in total. The summed E-state index contributed by atoms with van der Waals surface area (Å²) in [7, 11) is 0. The summed E-state index contributed by atoms with van der Waals surface area (Å²) in [6.45, 7) is 1.74. The lowest BCUT2D eigenvalue weighted by Gasteiger charge is -2.09. The molecule has 5 nitrogen and oxygen atoms in total. The van der Waals surface area contributed by atoms with Gasteiger partial charge in [-0.1, -0.05) is 37.3 Å². The van der Waals surface area contributed by atoms with Crippen molar-refractivity contribution in [2.24, 2.45) is 0 Å². The fourth-order valence-electron chi connectivity index (χ4n) is 2.59. The molecule has 0 radical (unpaired) electrons. The summed E-state index contributed by atoms with van der Waals surface area (Å²) in [5.41, 5.74) is 2.74. The fourth-order valence-corrected chi connectivity index (χ4v) is 3.56. The first-order chi connectivity index (χ1) is 12.7. The van der Waals surface area contributed by atoms with E-state index in [4.69, 9.17) is 4.74 Å². The molecule has 0 fully saturated rings. The van der Waals surface area contributed by atoms with Gasteiger partial charge >= 0.3 is 5.97 Å². The molecular formula is C20H20N2O3S. The molecule has 134 valence electrons. The first kappa shape index (κ1) is 18.1. The Morgan fingerprint density at radius 2 is 1.88 bits per heavy atom. The minimum atomic E-state index is -0.400. The van der Waals surface area contributed by atoms with Gasteiger partial charge in [-0.15, -0.1) is 11.3 Å². The van der Waals surface area contributed by atoms with Crippen LogP contribution < -0.4 is 5.32 Å². The summed E-state index contributed by atoms with van der Waals surface area (Å²) < 4.78 is 6.17. The SMILES string of the molecule is CCc1ccccc1NC(=O)COC(=O)CCc1nc2ccccc2s1. The van der Waals surface area contributed by atoms with Crippen LogP contribution in [0.4, 0.5) is 5.69 Å². The summed E-state index contributed by atoms with van der Waals surface area (Å²) in [6.07, 6.45) is 1.54. The Balaban J connectivity index is 1.45. The van der Waals surface area contributed by atoms with Crippen molar-refractivity contribution in [1.29, 1.82) is 0 Å². The largest absolute Gasteiger partial charge is 0.456 e. The second-order valence-corrected chi connectivity index (χ2v) is 6.91. The number of aromatic nitrogens is 1. The number of aryl methyl sites for hydroxylation is 2. The molecule has 1 heterocycles. The molecular weight excluding hydrogens is 348 g/mol. The Bertz CT molecular complexity index is 887. The number of hydrogen-bond donors (Lipinski definition) is 1. The second-order valence-electron chi connectivity index (χ2n) is 5.79. The summed E-state index contributed by atoms with van der Waals surface area (Å²) >= 11 is 1.57. The minimum absolute atomic E-state index is 0.207. The number of ether oxygens (including phenoxy) is 1. The molecule has 0 aliphatic carbocycles. The zero-order valence-corrected chi connectivity index (χ0v) is 15.3. The zero-order valence-electron chi connectivity index (χ0n) is 14.5. The number of nitrogens with one attached hydrogen (secondary N) is 1. The molecule has 0 saturated heterocycles. The van der Waals surface area contributed by atoms with Crippen LogP contribution in [0.15, 0.2) is 48.5 Å². The first-order valence-corrected chi connectivity index (χ1v) is 9.35. The number of hydrogen-bond acceptors (Lipinski definition) is 5. The molecule has 3 aromatic rings. The second kappa shape index (κ2) is 8.58. The fraction of sp³-hybridized carbons (Fsp3) is 0.250. The van der Waals surface area contributed by atoms with Crippen LogP contribution in [-0.4, -0.2) is 23.5 Å². The Morgan fingerprint density at radius 1 is 1.12 bits per heavy atom. The van der Waals surface area contributed by atoms with Gasteiger partial charge in [-0.3, -0.25) is 9.59 Å². The maximum absolute atomic E-state index is 12.0.